The van der Waals surface area contributed by atoms with Gasteiger partial charge in [-0.2, -0.15) is 0 Å². The molecular weight excluding hydrogens is 330 g/mol. The van der Waals surface area contributed by atoms with Crippen LogP contribution in [0.15, 0.2) is 15.8 Å². The Kier molecular flexibility index (Phi) is 6.17. The van der Waals surface area contributed by atoms with Crippen molar-refractivity contribution in [2.75, 3.05) is 0 Å². The Bertz CT molecular complexity index is 736. The number of carbonyl (C=O) groups excluding carboxylic acids is 2. The second kappa shape index (κ2) is 7.54. The first-order chi connectivity index (χ1) is 11.3. The molecule has 0 fully saturated rings. The number of nitrogens with one attached hydrogen (secondary N) is 3. The van der Waals surface area contributed by atoms with Gasteiger partial charge in [0, 0.05) is 18.2 Å². The largest absolute Gasteiger partial charge is 0.458 e. The van der Waals surface area contributed by atoms with Gasteiger partial charge < -0.3 is 19.8 Å². The number of amides is 1. The predicted octanol–water partition coefficient (Wildman–Crippen LogP) is 0.841. The molecule has 25 heavy (non-hydrogen) atoms. The van der Waals surface area contributed by atoms with E-state index >= 15 is 0 Å². The van der Waals surface area contributed by atoms with Gasteiger partial charge in [0.2, 0.25) is 0 Å². The average molecular weight is 355 g/mol. The average Bonchev–Trinajstić information content (AvgIpc) is 2.36. The lowest BCUT2D eigenvalue weighted by molar-refractivity contribution is -0.157. The molecule has 1 rings (SSSR count). The van der Waals surface area contributed by atoms with Crippen LogP contribution in [0.25, 0.3) is 0 Å². The fourth-order valence-electron chi connectivity index (χ4n) is 1.83. The van der Waals surface area contributed by atoms with E-state index in [-0.39, 0.29) is 12.0 Å². The summed E-state index contributed by atoms with van der Waals surface area (Å²) in [6.07, 6.45) is 0.208. The molecule has 1 aromatic rings. The summed E-state index contributed by atoms with van der Waals surface area (Å²) in [5.74, 6) is -0.719. The molecule has 0 aliphatic heterocycles. The van der Waals surface area contributed by atoms with Crippen LogP contribution in [0.5, 0.6) is 0 Å². The Hall–Kier alpha value is -2.58. The van der Waals surface area contributed by atoms with Crippen molar-refractivity contribution in [2.45, 2.75) is 65.2 Å². The van der Waals surface area contributed by atoms with Gasteiger partial charge in [-0.05, 0) is 41.5 Å². The number of aromatic amines is 2. The van der Waals surface area contributed by atoms with Crippen molar-refractivity contribution < 1.29 is 19.1 Å². The minimum Gasteiger partial charge on any atom is -0.458 e. The van der Waals surface area contributed by atoms with Crippen molar-refractivity contribution in [1.82, 2.24) is 15.3 Å². The molecule has 1 amide bonds. The van der Waals surface area contributed by atoms with Gasteiger partial charge in [0.05, 0.1) is 0 Å². The highest BCUT2D eigenvalue weighted by Gasteiger charge is 2.29. The van der Waals surface area contributed by atoms with Gasteiger partial charge in [-0.3, -0.25) is 9.78 Å². The van der Waals surface area contributed by atoms with E-state index in [1.807, 2.05) is 0 Å². The fourth-order valence-corrected chi connectivity index (χ4v) is 1.83. The molecule has 1 heterocycles. The summed E-state index contributed by atoms with van der Waals surface area (Å²) in [6, 6.07) is -1.15. The van der Waals surface area contributed by atoms with E-state index < -0.39 is 40.6 Å². The lowest BCUT2D eigenvalue weighted by Crippen LogP contribution is -2.48. The number of aromatic nitrogens is 2. The molecule has 140 valence electrons. The van der Waals surface area contributed by atoms with Crippen molar-refractivity contribution in [3.63, 3.8) is 0 Å². The maximum absolute atomic E-state index is 12.4. The number of hydrogen-bond donors (Lipinski definition) is 3. The van der Waals surface area contributed by atoms with Crippen LogP contribution in [0.2, 0.25) is 0 Å². The van der Waals surface area contributed by atoms with Gasteiger partial charge in [0.1, 0.15) is 17.2 Å². The zero-order chi connectivity index (χ0) is 19.4. The molecule has 0 radical (unpaired) electrons. The molecule has 0 aliphatic rings. The number of rotatable bonds is 4. The third-order valence-corrected chi connectivity index (χ3v) is 2.70. The summed E-state index contributed by atoms with van der Waals surface area (Å²) in [7, 11) is 0. The molecule has 0 bridgehead atoms. The number of hydrogen-bond acceptors (Lipinski definition) is 6. The van der Waals surface area contributed by atoms with Crippen LogP contribution >= 0.6 is 0 Å². The maximum Gasteiger partial charge on any atom is 0.408 e. The number of carbonyl (C=O) groups is 2. The summed E-state index contributed by atoms with van der Waals surface area (Å²) in [4.78, 5) is 51.6. The van der Waals surface area contributed by atoms with E-state index in [0.717, 1.165) is 0 Å². The standard InChI is InChI=1S/C16H25N3O6/c1-15(2,3)24-12(21)10(18-14(23)25-16(4,5)6)7-9-8-17-13(22)19-11(9)20/h8,10H,7H2,1-6H3,(H,18,23)(H2,17,19,20,22)/t10-/m0/s1. The summed E-state index contributed by atoms with van der Waals surface area (Å²) in [6.45, 7) is 10.1. The summed E-state index contributed by atoms with van der Waals surface area (Å²) >= 11 is 0. The first-order valence-electron chi connectivity index (χ1n) is 7.80. The zero-order valence-corrected chi connectivity index (χ0v) is 15.3. The summed E-state index contributed by atoms with van der Waals surface area (Å²) in [5, 5.41) is 2.41. The van der Waals surface area contributed by atoms with Crippen LogP contribution in [0.4, 0.5) is 4.79 Å². The Labute approximate surface area is 145 Å². The molecule has 0 saturated heterocycles. The molecule has 0 unspecified atom stereocenters. The van der Waals surface area contributed by atoms with Crippen molar-refractivity contribution in [1.29, 1.82) is 0 Å². The lowest BCUT2D eigenvalue weighted by atomic mass is 10.1. The van der Waals surface area contributed by atoms with Gasteiger partial charge in [-0.1, -0.05) is 0 Å². The number of alkyl carbamates (subject to hydrolysis) is 1. The fraction of sp³-hybridized carbons (Fsp3) is 0.625. The summed E-state index contributed by atoms with van der Waals surface area (Å²) in [5.41, 5.74) is -2.72. The van der Waals surface area contributed by atoms with Gasteiger partial charge in [-0.25, -0.2) is 14.4 Å². The van der Waals surface area contributed by atoms with E-state index in [9.17, 15) is 19.2 Å². The van der Waals surface area contributed by atoms with E-state index in [1.165, 1.54) is 6.20 Å². The van der Waals surface area contributed by atoms with Crippen LogP contribution in [0.1, 0.15) is 47.1 Å². The summed E-state index contributed by atoms with van der Waals surface area (Å²) < 4.78 is 10.4. The third kappa shape index (κ3) is 7.69. The van der Waals surface area contributed by atoms with Crippen LogP contribution in [-0.4, -0.2) is 39.3 Å². The maximum atomic E-state index is 12.4. The van der Waals surface area contributed by atoms with E-state index in [1.54, 1.807) is 41.5 Å². The first kappa shape index (κ1) is 20.5. The Morgan fingerprint density at radius 1 is 1.08 bits per heavy atom. The number of esters is 1. The monoisotopic (exact) mass is 355 g/mol. The second-order valence-corrected chi connectivity index (χ2v) is 7.53. The minimum absolute atomic E-state index is 0.117. The highest BCUT2D eigenvalue weighted by molar-refractivity contribution is 5.82. The van der Waals surface area contributed by atoms with Gasteiger partial charge >= 0.3 is 17.8 Å². The zero-order valence-electron chi connectivity index (χ0n) is 15.3. The van der Waals surface area contributed by atoms with Crippen molar-refractivity contribution in [3.05, 3.63) is 32.6 Å². The first-order valence-corrected chi connectivity index (χ1v) is 7.80. The topological polar surface area (TPSA) is 130 Å². The van der Waals surface area contributed by atoms with Crippen LogP contribution in [-0.2, 0) is 20.7 Å². The molecule has 0 spiro atoms. The van der Waals surface area contributed by atoms with E-state index in [2.05, 4.69) is 15.3 Å². The lowest BCUT2D eigenvalue weighted by Gasteiger charge is -2.26. The second-order valence-electron chi connectivity index (χ2n) is 7.53. The van der Waals surface area contributed by atoms with E-state index in [0.29, 0.717) is 0 Å². The highest BCUT2D eigenvalue weighted by Crippen LogP contribution is 2.11. The van der Waals surface area contributed by atoms with Crippen LogP contribution in [0, 0.1) is 0 Å². The predicted molar refractivity (Wildman–Crippen MR) is 90.4 cm³/mol. The Morgan fingerprint density at radius 2 is 1.64 bits per heavy atom. The Balaban J connectivity index is 3.02. The van der Waals surface area contributed by atoms with Crippen LogP contribution in [0.3, 0.4) is 0 Å². The Morgan fingerprint density at radius 3 is 2.12 bits per heavy atom. The minimum atomic E-state index is -1.15. The van der Waals surface area contributed by atoms with Crippen LogP contribution < -0.4 is 16.6 Å². The van der Waals surface area contributed by atoms with Gasteiger partial charge in [-0.15, -0.1) is 0 Å². The molecule has 0 saturated carbocycles. The third-order valence-electron chi connectivity index (χ3n) is 2.70. The quantitative estimate of drug-likeness (QED) is 0.686. The highest BCUT2D eigenvalue weighted by atomic mass is 16.6. The van der Waals surface area contributed by atoms with Crippen molar-refractivity contribution in [3.8, 4) is 0 Å². The molecule has 0 aliphatic carbocycles. The molecular formula is C16H25N3O6. The van der Waals surface area contributed by atoms with Gasteiger partial charge in [0.25, 0.3) is 5.56 Å². The molecule has 9 heteroatoms. The molecule has 9 nitrogen and oxygen atoms in total. The van der Waals surface area contributed by atoms with Crippen molar-refractivity contribution in [2.24, 2.45) is 0 Å². The molecule has 0 aromatic carbocycles. The number of ether oxygens (including phenoxy) is 2. The normalized spacial score (nSPS) is 13.0. The molecule has 1 atom stereocenters. The SMILES string of the molecule is CC(C)(C)OC(=O)N[C@@H](Cc1c[nH]c(=O)[nH]c1=O)C(=O)OC(C)(C)C. The van der Waals surface area contributed by atoms with Crippen molar-refractivity contribution >= 4 is 12.1 Å². The molecule has 1 aromatic heterocycles. The van der Waals surface area contributed by atoms with Gasteiger partial charge in [0.15, 0.2) is 0 Å². The number of H-pyrrole nitrogens is 2. The van der Waals surface area contributed by atoms with E-state index in [4.69, 9.17) is 9.47 Å². The molecule has 3 N–H and O–H groups in total. The smallest absolute Gasteiger partial charge is 0.408 e.